The standard InChI is InChI=1S/C27H31N5O3.C2H3N/c1-18(2)34-25-9-6-19(16-20(25)17-28)27-30-26(31-35-27)23-5-3-4-22-21(23)7-8-24(22)29-10-11-32-12-14-33-15-13-32;1-2-3/h3-6,9,16,18,24,29H,7-8,10-15H2,1-2H3;1H3. The molecule has 198 valence electrons. The Morgan fingerprint density at radius 3 is 2.71 bits per heavy atom. The average molecular weight is 515 g/mol. The fraction of sp³-hybridized carbons (Fsp3) is 0.448. The molecule has 1 N–H and O–H groups in total. The van der Waals surface area contributed by atoms with Crippen molar-refractivity contribution in [1.29, 1.82) is 10.5 Å². The van der Waals surface area contributed by atoms with E-state index >= 15 is 0 Å². The summed E-state index contributed by atoms with van der Waals surface area (Å²) in [7, 11) is 0. The van der Waals surface area contributed by atoms with Gasteiger partial charge in [0.05, 0.1) is 31.0 Å². The molecule has 3 aromatic rings. The van der Waals surface area contributed by atoms with Gasteiger partial charge in [-0.1, -0.05) is 23.4 Å². The predicted octanol–water partition coefficient (Wildman–Crippen LogP) is 4.50. The number of nitrogens with one attached hydrogen (secondary N) is 1. The first-order valence-corrected chi connectivity index (χ1v) is 13.1. The Morgan fingerprint density at radius 2 is 1.97 bits per heavy atom. The molecule has 1 aromatic heterocycles. The van der Waals surface area contributed by atoms with E-state index in [2.05, 4.69) is 44.6 Å². The van der Waals surface area contributed by atoms with Crippen LogP contribution in [0.1, 0.15) is 49.9 Å². The second-order valence-corrected chi connectivity index (χ2v) is 9.51. The smallest absolute Gasteiger partial charge is 0.258 e. The Hall–Kier alpha value is -3.76. The number of aromatic nitrogens is 2. The molecular formula is C29H34N6O3. The van der Waals surface area contributed by atoms with Gasteiger partial charge in [0.25, 0.3) is 5.89 Å². The van der Waals surface area contributed by atoms with Gasteiger partial charge in [0.2, 0.25) is 5.82 Å². The van der Waals surface area contributed by atoms with Crippen LogP contribution in [0.5, 0.6) is 5.75 Å². The van der Waals surface area contributed by atoms with Crippen molar-refractivity contribution in [1.82, 2.24) is 20.4 Å². The highest BCUT2D eigenvalue weighted by Gasteiger charge is 2.26. The normalized spacial score (nSPS) is 16.7. The zero-order chi connectivity index (χ0) is 26.9. The van der Waals surface area contributed by atoms with Crippen molar-refractivity contribution in [3.05, 3.63) is 53.1 Å². The van der Waals surface area contributed by atoms with E-state index in [1.165, 1.54) is 18.1 Å². The van der Waals surface area contributed by atoms with E-state index in [-0.39, 0.29) is 6.10 Å². The third-order valence-electron chi connectivity index (χ3n) is 6.57. The highest BCUT2D eigenvalue weighted by molar-refractivity contribution is 5.67. The van der Waals surface area contributed by atoms with Crippen LogP contribution in [0.4, 0.5) is 0 Å². The lowest BCUT2D eigenvalue weighted by molar-refractivity contribution is 0.0381. The number of benzene rings is 2. The maximum atomic E-state index is 9.54. The molecule has 1 aliphatic heterocycles. The van der Waals surface area contributed by atoms with Crippen LogP contribution in [0, 0.1) is 22.7 Å². The summed E-state index contributed by atoms with van der Waals surface area (Å²) in [5.41, 5.74) is 4.75. The number of ether oxygens (including phenoxy) is 2. The fourth-order valence-corrected chi connectivity index (χ4v) is 4.85. The summed E-state index contributed by atoms with van der Waals surface area (Å²) in [6.07, 6.45) is 2.02. The number of nitriles is 2. The lowest BCUT2D eigenvalue weighted by Crippen LogP contribution is -2.40. The van der Waals surface area contributed by atoms with Crippen LogP contribution >= 0.6 is 0 Å². The van der Waals surface area contributed by atoms with Crippen LogP contribution in [-0.2, 0) is 11.2 Å². The fourth-order valence-electron chi connectivity index (χ4n) is 4.85. The van der Waals surface area contributed by atoms with E-state index in [9.17, 15) is 5.26 Å². The minimum absolute atomic E-state index is 0.0131. The molecule has 5 rings (SSSR count). The molecule has 0 radical (unpaired) electrons. The molecule has 1 saturated heterocycles. The zero-order valence-corrected chi connectivity index (χ0v) is 22.2. The first-order valence-electron chi connectivity index (χ1n) is 13.1. The number of morpholine rings is 1. The van der Waals surface area contributed by atoms with Crippen LogP contribution in [0.3, 0.4) is 0 Å². The third kappa shape index (κ3) is 6.56. The first kappa shape index (κ1) is 27.3. The van der Waals surface area contributed by atoms with Gasteiger partial charge in [-0.15, -0.1) is 0 Å². The van der Waals surface area contributed by atoms with Gasteiger partial charge >= 0.3 is 0 Å². The van der Waals surface area contributed by atoms with Crippen molar-refractivity contribution < 1.29 is 14.0 Å². The van der Waals surface area contributed by atoms with E-state index in [4.69, 9.17) is 19.3 Å². The summed E-state index contributed by atoms with van der Waals surface area (Å²) in [4.78, 5) is 7.12. The van der Waals surface area contributed by atoms with Crippen molar-refractivity contribution in [3.63, 3.8) is 0 Å². The Bertz CT molecular complexity index is 1300. The lowest BCUT2D eigenvalue weighted by atomic mass is 10.0. The average Bonchev–Trinajstić information content (AvgIpc) is 3.58. The number of nitrogens with zero attached hydrogens (tertiary/aromatic N) is 5. The van der Waals surface area contributed by atoms with Crippen LogP contribution < -0.4 is 10.1 Å². The summed E-state index contributed by atoms with van der Waals surface area (Å²) >= 11 is 0. The molecular weight excluding hydrogens is 480 g/mol. The Kier molecular flexibility index (Phi) is 9.45. The van der Waals surface area contributed by atoms with Gasteiger partial charge in [-0.2, -0.15) is 15.5 Å². The Morgan fingerprint density at radius 1 is 1.18 bits per heavy atom. The topological polar surface area (TPSA) is 120 Å². The number of hydrogen-bond donors (Lipinski definition) is 1. The van der Waals surface area contributed by atoms with Crippen LogP contribution in [-0.4, -0.2) is 60.5 Å². The minimum atomic E-state index is -0.0131. The second kappa shape index (κ2) is 13.2. The van der Waals surface area contributed by atoms with Crippen molar-refractivity contribution in [2.45, 2.75) is 45.8 Å². The van der Waals surface area contributed by atoms with Crippen molar-refractivity contribution >= 4 is 0 Å². The van der Waals surface area contributed by atoms with E-state index in [0.29, 0.717) is 34.6 Å². The molecule has 0 spiro atoms. The molecule has 9 nitrogen and oxygen atoms in total. The van der Waals surface area contributed by atoms with Crippen molar-refractivity contribution in [3.8, 4) is 40.7 Å². The van der Waals surface area contributed by atoms with Crippen LogP contribution in [0.2, 0.25) is 0 Å². The van der Waals surface area contributed by atoms with E-state index in [1.807, 2.05) is 19.9 Å². The number of fused-ring (bicyclic) bond motifs is 1. The number of hydrogen-bond acceptors (Lipinski definition) is 9. The Balaban J connectivity index is 0.00000107. The summed E-state index contributed by atoms with van der Waals surface area (Å²) in [5.74, 6) is 1.52. The first-order chi connectivity index (χ1) is 18.5. The molecule has 0 amide bonds. The van der Waals surface area contributed by atoms with E-state index < -0.39 is 0 Å². The molecule has 1 aliphatic carbocycles. The quantitative estimate of drug-likeness (QED) is 0.463. The monoisotopic (exact) mass is 514 g/mol. The zero-order valence-electron chi connectivity index (χ0n) is 22.2. The molecule has 1 fully saturated rings. The second-order valence-electron chi connectivity index (χ2n) is 9.51. The molecule has 1 unspecified atom stereocenters. The number of rotatable bonds is 8. The summed E-state index contributed by atoms with van der Waals surface area (Å²) in [6.45, 7) is 11.0. The summed E-state index contributed by atoms with van der Waals surface area (Å²) in [5, 5.41) is 24.9. The maximum Gasteiger partial charge on any atom is 0.258 e. The van der Waals surface area contributed by atoms with Gasteiger partial charge in [-0.05, 0) is 56.0 Å². The van der Waals surface area contributed by atoms with Crippen LogP contribution in [0.25, 0.3) is 22.8 Å². The molecule has 1 atom stereocenters. The largest absolute Gasteiger partial charge is 0.490 e. The summed E-state index contributed by atoms with van der Waals surface area (Å²) < 4.78 is 16.8. The lowest BCUT2D eigenvalue weighted by Gasteiger charge is -2.27. The maximum absolute atomic E-state index is 9.54. The Labute approximate surface area is 224 Å². The highest BCUT2D eigenvalue weighted by atomic mass is 16.5. The van der Waals surface area contributed by atoms with Crippen molar-refractivity contribution in [2.24, 2.45) is 0 Å². The molecule has 0 saturated carbocycles. The van der Waals surface area contributed by atoms with E-state index in [1.54, 1.807) is 18.2 Å². The highest BCUT2D eigenvalue weighted by Crippen LogP contribution is 2.37. The van der Waals surface area contributed by atoms with Gasteiger partial charge in [0.15, 0.2) is 0 Å². The molecule has 2 aromatic carbocycles. The van der Waals surface area contributed by atoms with Crippen molar-refractivity contribution in [2.75, 3.05) is 39.4 Å². The molecule has 2 aliphatic rings. The van der Waals surface area contributed by atoms with Gasteiger partial charge in [0, 0.05) is 50.3 Å². The molecule has 2 heterocycles. The minimum Gasteiger partial charge on any atom is -0.490 e. The van der Waals surface area contributed by atoms with E-state index in [0.717, 1.165) is 57.8 Å². The molecule has 38 heavy (non-hydrogen) atoms. The molecule has 9 heteroatoms. The third-order valence-corrected chi connectivity index (χ3v) is 6.57. The van der Waals surface area contributed by atoms with Gasteiger partial charge in [0.1, 0.15) is 11.8 Å². The van der Waals surface area contributed by atoms with Crippen LogP contribution in [0.15, 0.2) is 40.9 Å². The molecule has 0 bridgehead atoms. The predicted molar refractivity (Wildman–Crippen MR) is 143 cm³/mol. The SMILES string of the molecule is CC#N.CC(C)Oc1ccc(-c2nc(-c3cccc4c3CCC4NCCN3CCOCC3)no2)cc1C#N. The summed E-state index contributed by atoms with van der Waals surface area (Å²) in [6, 6.07) is 16.0. The van der Waals surface area contributed by atoms with Gasteiger partial charge < -0.3 is 19.3 Å². The van der Waals surface area contributed by atoms with Gasteiger partial charge in [-0.3, -0.25) is 4.90 Å². The van der Waals surface area contributed by atoms with Gasteiger partial charge in [-0.25, -0.2) is 0 Å².